The van der Waals surface area contributed by atoms with Gasteiger partial charge in [0.2, 0.25) is 6.71 Å². The van der Waals surface area contributed by atoms with Crippen LogP contribution in [0.3, 0.4) is 0 Å². The molecule has 1 aliphatic heterocycles. The molecule has 0 saturated carbocycles. The van der Waals surface area contributed by atoms with E-state index in [0.717, 1.165) is 5.82 Å². The van der Waals surface area contributed by atoms with Crippen molar-refractivity contribution < 1.29 is 0 Å². The minimum Gasteiger partial charge on any atom is -0.295 e. The van der Waals surface area contributed by atoms with Gasteiger partial charge in [0.05, 0.1) is 11.0 Å². The minimum absolute atomic E-state index is 0.199. The van der Waals surface area contributed by atoms with E-state index in [4.69, 9.17) is 4.98 Å². The average molecular weight is 372 g/mol. The van der Waals surface area contributed by atoms with E-state index < -0.39 is 0 Å². The number of hydrogen-bond acceptors (Lipinski definition) is 1. The molecule has 5 aromatic rings. The van der Waals surface area contributed by atoms with Crippen LogP contribution in [0, 0.1) is 0 Å². The third-order valence-electron chi connectivity index (χ3n) is 6.29. The largest absolute Gasteiger partial charge is 0.295 e. The van der Waals surface area contributed by atoms with Crippen LogP contribution >= 0.6 is 0 Å². The van der Waals surface area contributed by atoms with Gasteiger partial charge in [-0.05, 0) is 34.5 Å². The van der Waals surface area contributed by atoms with E-state index in [2.05, 4.69) is 97.3 Å². The second kappa shape index (κ2) is 6.08. The predicted octanol–water partition coefficient (Wildman–Crippen LogP) is 4.13. The highest BCUT2D eigenvalue weighted by atomic mass is 15.1. The van der Waals surface area contributed by atoms with Gasteiger partial charge in [-0.1, -0.05) is 86.0 Å². The average Bonchev–Trinajstić information content (AvgIpc) is 3.10. The molecule has 3 heterocycles. The van der Waals surface area contributed by atoms with Crippen molar-refractivity contribution in [3.05, 3.63) is 90.6 Å². The van der Waals surface area contributed by atoms with E-state index in [-0.39, 0.29) is 6.71 Å². The highest BCUT2D eigenvalue weighted by molar-refractivity contribution is 6.97. The summed E-state index contributed by atoms with van der Waals surface area (Å²) in [5, 5.41) is 2.61. The second-order valence-corrected chi connectivity index (χ2v) is 8.27. The van der Waals surface area contributed by atoms with Crippen LogP contribution < -0.4 is 16.4 Å². The van der Waals surface area contributed by atoms with Gasteiger partial charge < -0.3 is 0 Å². The quantitative estimate of drug-likeness (QED) is 0.418. The van der Waals surface area contributed by atoms with Crippen molar-refractivity contribution >= 4 is 44.9 Å². The van der Waals surface area contributed by atoms with E-state index in [1.165, 1.54) is 43.8 Å². The highest BCUT2D eigenvalue weighted by Gasteiger charge is 2.33. The molecule has 138 valence electrons. The summed E-state index contributed by atoms with van der Waals surface area (Å²) in [7, 11) is 0. The molecule has 0 N–H and O–H groups in total. The second-order valence-electron chi connectivity index (χ2n) is 8.27. The first kappa shape index (κ1) is 16.6. The van der Waals surface area contributed by atoms with Crippen LogP contribution in [0.5, 0.6) is 0 Å². The lowest BCUT2D eigenvalue weighted by atomic mass is 9.36. The topological polar surface area (TPSA) is 17.8 Å². The van der Waals surface area contributed by atoms with E-state index in [1.807, 2.05) is 6.20 Å². The number of fused-ring (bicyclic) bond motifs is 5. The molecule has 1 aliphatic rings. The van der Waals surface area contributed by atoms with Gasteiger partial charge in [0.15, 0.2) is 0 Å². The number of aromatic nitrogens is 2. The van der Waals surface area contributed by atoms with Crippen LogP contribution in [0.15, 0.2) is 85.1 Å². The summed E-state index contributed by atoms with van der Waals surface area (Å²) in [6, 6.07) is 28.8. The summed E-state index contributed by atoms with van der Waals surface area (Å²) in [6.45, 7) is 4.71. The van der Waals surface area contributed by atoms with Crippen molar-refractivity contribution in [2.24, 2.45) is 0 Å². The maximum Gasteiger partial charge on any atom is 0.248 e. The van der Waals surface area contributed by atoms with E-state index in [0.29, 0.717) is 5.92 Å². The van der Waals surface area contributed by atoms with Gasteiger partial charge in [-0.3, -0.25) is 4.57 Å². The van der Waals surface area contributed by atoms with Gasteiger partial charge in [-0.25, -0.2) is 4.98 Å². The number of pyridine rings is 1. The van der Waals surface area contributed by atoms with Crippen LogP contribution in [0.4, 0.5) is 0 Å². The van der Waals surface area contributed by atoms with Crippen molar-refractivity contribution in [3.63, 3.8) is 0 Å². The molecule has 2 nitrogen and oxygen atoms in total. The lowest BCUT2D eigenvalue weighted by molar-refractivity contribution is 0.867. The lowest BCUT2D eigenvalue weighted by Gasteiger charge is -2.26. The number of nitrogens with zero attached hydrogens (tertiary/aromatic N) is 2. The van der Waals surface area contributed by atoms with Crippen molar-refractivity contribution in [1.29, 1.82) is 0 Å². The Morgan fingerprint density at radius 1 is 0.793 bits per heavy atom. The summed E-state index contributed by atoms with van der Waals surface area (Å²) in [4.78, 5) is 4.88. The predicted molar refractivity (Wildman–Crippen MR) is 124 cm³/mol. The number of para-hydroxylation sites is 1. The molecule has 0 radical (unpaired) electrons. The fourth-order valence-corrected chi connectivity index (χ4v) is 4.92. The maximum absolute atomic E-state index is 4.88. The third-order valence-corrected chi connectivity index (χ3v) is 6.29. The molecule has 0 spiro atoms. The summed E-state index contributed by atoms with van der Waals surface area (Å²) in [6.07, 6.45) is 1.92. The Morgan fingerprint density at radius 2 is 1.62 bits per heavy atom. The molecule has 0 unspecified atom stereocenters. The number of benzene rings is 3. The summed E-state index contributed by atoms with van der Waals surface area (Å²) >= 11 is 0. The van der Waals surface area contributed by atoms with Gasteiger partial charge in [-0.15, -0.1) is 0 Å². The molecule has 0 amide bonds. The van der Waals surface area contributed by atoms with E-state index >= 15 is 0 Å². The molecule has 0 bridgehead atoms. The molecule has 0 fully saturated rings. The zero-order valence-corrected chi connectivity index (χ0v) is 16.6. The Kier molecular flexibility index (Phi) is 3.49. The SMILES string of the molecule is CC(C)c1ccc2c3cccc4c3n(c2c1)-c1ncccc1B4c1ccccc1. The first-order chi connectivity index (χ1) is 14.2. The Bertz CT molecular complexity index is 1380. The molecule has 3 heteroatoms. The fourth-order valence-electron chi connectivity index (χ4n) is 4.92. The van der Waals surface area contributed by atoms with E-state index in [9.17, 15) is 0 Å². The van der Waals surface area contributed by atoms with Crippen LogP contribution in [0.2, 0.25) is 0 Å². The lowest BCUT2D eigenvalue weighted by Crippen LogP contribution is -2.56. The molecular weight excluding hydrogens is 351 g/mol. The molecule has 2 aromatic heterocycles. The van der Waals surface area contributed by atoms with Crippen molar-refractivity contribution in [2.45, 2.75) is 19.8 Å². The Morgan fingerprint density at radius 3 is 2.45 bits per heavy atom. The summed E-state index contributed by atoms with van der Waals surface area (Å²) in [5.74, 6) is 1.55. The first-order valence-corrected chi connectivity index (χ1v) is 10.3. The fraction of sp³-hybridized carbons (Fsp3) is 0.115. The van der Waals surface area contributed by atoms with Gasteiger partial charge in [0, 0.05) is 17.0 Å². The standard InChI is InChI=1S/C26H21BN2/c1-17(2)18-13-14-20-21-10-6-11-22-25(21)29(24(20)16-18)26-23(12-7-15-28-26)27(22)19-8-4-3-5-9-19/h3-17H,1-2H3. The normalized spacial score (nSPS) is 12.7. The molecule has 29 heavy (non-hydrogen) atoms. The molecule has 0 saturated heterocycles. The smallest absolute Gasteiger partial charge is 0.248 e. The van der Waals surface area contributed by atoms with Crippen molar-refractivity contribution in [3.8, 4) is 5.82 Å². The molecule has 0 aliphatic carbocycles. The Hall–Kier alpha value is -3.33. The third kappa shape index (κ3) is 2.28. The highest BCUT2D eigenvalue weighted by Crippen LogP contribution is 2.34. The molecule has 6 rings (SSSR count). The van der Waals surface area contributed by atoms with Gasteiger partial charge in [0.1, 0.15) is 5.82 Å². The Balaban J connectivity index is 1.80. The number of hydrogen-bond donors (Lipinski definition) is 0. The van der Waals surface area contributed by atoms with Crippen molar-refractivity contribution in [1.82, 2.24) is 9.55 Å². The van der Waals surface area contributed by atoms with Crippen LogP contribution in [-0.4, -0.2) is 16.3 Å². The van der Waals surface area contributed by atoms with Crippen LogP contribution in [0.1, 0.15) is 25.3 Å². The van der Waals surface area contributed by atoms with E-state index in [1.54, 1.807) is 0 Å². The number of rotatable bonds is 2. The summed E-state index contributed by atoms with van der Waals surface area (Å²) < 4.78 is 2.39. The van der Waals surface area contributed by atoms with Crippen molar-refractivity contribution in [2.75, 3.05) is 0 Å². The molecule has 3 aromatic carbocycles. The maximum atomic E-state index is 4.88. The van der Waals surface area contributed by atoms with Gasteiger partial charge in [0.25, 0.3) is 0 Å². The zero-order chi connectivity index (χ0) is 19.5. The van der Waals surface area contributed by atoms with Gasteiger partial charge in [-0.2, -0.15) is 0 Å². The molecular formula is C26H21BN2. The monoisotopic (exact) mass is 372 g/mol. The summed E-state index contributed by atoms with van der Waals surface area (Å²) in [5.41, 5.74) is 7.85. The molecule has 0 atom stereocenters. The zero-order valence-electron chi connectivity index (χ0n) is 16.6. The first-order valence-electron chi connectivity index (χ1n) is 10.3. The van der Waals surface area contributed by atoms with Crippen LogP contribution in [-0.2, 0) is 0 Å². The Labute approximate surface area is 170 Å². The minimum atomic E-state index is 0.199. The van der Waals surface area contributed by atoms with Gasteiger partial charge >= 0.3 is 0 Å². The van der Waals surface area contributed by atoms with Crippen LogP contribution in [0.25, 0.3) is 27.6 Å².